The zero-order valence-electron chi connectivity index (χ0n) is 10.9. The van der Waals surface area contributed by atoms with E-state index < -0.39 is 0 Å². The summed E-state index contributed by atoms with van der Waals surface area (Å²) in [6.45, 7) is 5.11. The van der Waals surface area contributed by atoms with Crippen LogP contribution in [0.3, 0.4) is 0 Å². The van der Waals surface area contributed by atoms with Crippen molar-refractivity contribution < 1.29 is 4.79 Å². The van der Waals surface area contributed by atoms with Crippen molar-refractivity contribution in [3.63, 3.8) is 0 Å². The summed E-state index contributed by atoms with van der Waals surface area (Å²) in [4.78, 5) is 11.0. The molecule has 1 rings (SSSR count). The second kappa shape index (κ2) is 7.07. The molecule has 0 saturated heterocycles. The highest BCUT2D eigenvalue weighted by Gasteiger charge is 2.04. The molecule has 0 aliphatic heterocycles. The summed E-state index contributed by atoms with van der Waals surface area (Å²) in [5.74, 6) is 0.106. The Morgan fingerprint density at radius 1 is 1.41 bits per heavy atom. The summed E-state index contributed by atoms with van der Waals surface area (Å²) in [6.07, 6.45) is 1.46. The Morgan fingerprint density at radius 3 is 2.82 bits per heavy atom. The summed E-state index contributed by atoms with van der Waals surface area (Å²) < 4.78 is 0. The summed E-state index contributed by atoms with van der Waals surface area (Å²) >= 11 is 0. The Labute approximate surface area is 104 Å². The van der Waals surface area contributed by atoms with Gasteiger partial charge in [-0.15, -0.1) is 0 Å². The van der Waals surface area contributed by atoms with Gasteiger partial charge in [0.1, 0.15) is 0 Å². The molecular formula is C14H22N2O. The molecule has 0 aromatic heterocycles. The van der Waals surface area contributed by atoms with E-state index in [0.29, 0.717) is 12.5 Å². The van der Waals surface area contributed by atoms with Crippen LogP contribution >= 0.6 is 0 Å². The smallest absolute Gasteiger partial charge is 0.219 e. The van der Waals surface area contributed by atoms with Gasteiger partial charge < -0.3 is 10.6 Å². The molecule has 3 nitrogen and oxygen atoms in total. The van der Waals surface area contributed by atoms with Crippen molar-refractivity contribution in [2.24, 2.45) is 0 Å². The Kier molecular flexibility index (Phi) is 5.70. The number of benzene rings is 1. The molecule has 0 aliphatic carbocycles. The minimum absolute atomic E-state index is 0.106. The normalized spacial score (nSPS) is 12.2. The average Bonchev–Trinajstić information content (AvgIpc) is 2.34. The van der Waals surface area contributed by atoms with Crippen LogP contribution in [0.4, 0.5) is 0 Å². The third kappa shape index (κ3) is 5.00. The number of rotatable bonds is 6. The van der Waals surface area contributed by atoms with Crippen LogP contribution in [-0.4, -0.2) is 19.5 Å². The first kappa shape index (κ1) is 13.7. The molecule has 0 unspecified atom stereocenters. The van der Waals surface area contributed by atoms with E-state index in [0.717, 1.165) is 13.0 Å². The van der Waals surface area contributed by atoms with E-state index in [1.165, 1.54) is 11.1 Å². The second-order valence-electron chi connectivity index (χ2n) is 4.37. The van der Waals surface area contributed by atoms with E-state index in [4.69, 9.17) is 0 Å². The predicted molar refractivity (Wildman–Crippen MR) is 70.9 cm³/mol. The standard InChI is InChI=1S/C14H22N2O/c1-11-6-4-7-13(10-11)12(2)16-9-5-8-14(17)15-3/h4,6-7,10,12,16H,5,8-9H2,1-3H3,(H,15,17)/t12-/m1/s1. The predicted octanol–water partition coefficient (Wildman–Crippen LogP) is 2.17. The lowest BCUT2D eigenvalue weighted by molar-refractivity contribution is -0.120. The minimum Gasteiger partial charge on any atom is -0.359 e. The highest BCUT2D eigenvalue weighted by atomic mass is 16.1. The lowest BCUT2D eigenvalue weighted by atomic mass is 10.1. The van der Waals surface area contributed by atoms with Crippen LogP contribution < -0.4 is 10.6 Å². The molecule has 2 N–H and O–H groups in total. The largest absolute Gasteiger partial charge is 0.359 e. The highest BCUT2D eigenvalue weighted by Crippen LogP contribution is 2.13. The van der Waals surface area contributed by atoms with Crippen molar-refractivity contribution in [1.82, 2.24) is 10.6 Å². The van der Waals surface area contributed by atoms with E-state index in [1.54, 1.807) is 7.05 Å². The minimum atomic E-state index is 0.106. The molecule has 0 saturated carbocycles. The molecule has 1 atom stereocenters. The van der Waals surface area contributed by atoms with Gasteiger partial charge in [0.05, 0.1) is 0 Å². The maximum atomic E-state index is 11.0. The average molecular weight is 234 g/mol. The van der Waals surface area contributed by atoms with Crippen LogP contribution in [0.2, 0.25) is 0 Å². The Bertz CT molecular complexity index is 363. The van der Waals surface area contributed by atoms with E-state index in [-0.39, 0.29) is 5.91 Å². The first-order valence-electron chi connectivity index (χ1n) is 6.14. The van der Waals surface area contributed by atoms with Gasteiger partial charge in [-0.25, -0.2) is 0 Å². The third-order valence-electron chi connectivity index (χ3n) is 2.85. The molecule has 0 aliphatic rings. The quantitative estimate of drug-likeness (QED) is 0.741. The Morgan fingerprint density at radius 2 is 2.18 bits per heavy atom. The van der Waals surface area contributed by atoms with Crippen LogP contribution in [0.1, 0.15) is 36.9 Å². The van der Waals surface area contributed by atoms with Gasteiger partial charge in [-0.1, -0.05) is 29.8 Å². The maximum Gasteiger partial charge on any atom is 0.219 e. The fourth-order valence-corrected chi connectivity index (χ4v) is 1.75. The first-order chi connectivity index (χ1) is 8.13. The maximum absolute atomic E-state index is 11.0. The van der Waals surface area contributed by atoms with Crippen LogP contribution in [0.25, 0.3) is 0 Å². The molecule has 1 amide bonds. The summed E-state index contributed by atoms with van der Waals surface area (Å²) in [5, 5.41) is 6.05. The SMILES string of the molecule is CNC(=O)CCCN[C@H](C)c1cccc(C)c1. The van der Waals surface area contributed by atoms with Gasteiger partial charge in [-0.3, -0.25) is 4.79 Å². The topological polar surface area (TPSA) is 41.1 Å². The lowest BCUT2D eigenvalue weighted by Gasteiger charge is -2.14. The van der Waals surface area contributed by atoms with Crippen molar-refractivity contribution in [3.05, 3.63) is 35.4 Å². The molecule has 0 radical (unpaired) electrons. The van der Waals surface area contributed by atoms with Gasteiger partial charge in [-0.05, 0) is 32.4 Å². The molecule has 17 heavy (non-hydrogen) atoms. The summed E-state index contributed by atoms with van der Waals surface area (Å²) in [7, 11) is 1.67. The van der Waals surface area contributed by atoms with Gasteiger partial charge in [0, 0.05) is 19.5 Å². The number of carbonyl (C=O) groups excluding carboxylic acids is 1. The van der Waals surface area contributed by atoms with Gasteiger partial charge in [0.15, 0.2) is 0 Å². The molecule has 0 heterocycles. The Balaban J connectivity index is 2.30. The molecule has 3 heteroatoms. The molecule has 1 aromatic carbocycles. The number of nitrogens with one attached hydrogen (secondary N) is 2. The van der Waals surface area contributed by atoms with Gasteiger partial charge >= 0.3 is 0 Å². The molecular weight excluding hydrogens is 212 g/mol. The van der Waals surface area contributed by atoms with Gasteiger partial charge in [0.25, 0.3) is 0 Å². The molecule has 0 spiro atoms. The zero-order chi connectivity index (χ0) is 12.7. The molecule has 1 aromatic rings. The van der Waals surface area contributed by atoms with Crippen molar-refractivity contribution in [2.75, 3.05) is 13.6 Å². The third-order valence-corrected chi connectivity index (χ3v) is 2.85. The number of hydrogen-bond acceptors (Lipinski definition) is 2. The van der Waals surface area contributed by atoms with Crippen molar-refractivity contribution in [2.45, 2.75) is 32.7 Å². The second-order valence-corrected chi connectivity index (χ2v) is 4.37. The van der Waals surface area contributed by atoms with Crippen LogP contribution in [0.15, 0.2) is 24.3 Å². The van der Waals surface area contributed by atoms with Crippen LogP contribution in [0, 0.1) is 6.92 Å². The fourth-order valence-electron chi connectivity index (χ4n) is 1.75. The van der Waals surface area contributed by atoms with E-state index in [1.807, 2.05) is 0 Å². The first-order valence-corrected chi connectivity index (χ1v) is 6.14. The lowest BCUT2D eigenvalue weighted by Crippen LogP contribution is -2.23. The number of carbonyl (C=O) groups is 1. The van der Waals surface area contributed by atoms with Crippen LogP contribution in [0.5, 0.6) is 0 Å². The zero-order valence-corrected chi connectivity index (χ0v) is 10.9. The number of amides is 1. The van der Waals surface area contributed by atoms with Crippen molar-refractivity contribution in [3.8, 4) is 0 Å². The number of aryl methyl sites for hydroxylation is 1. The van der Waals surface area contributed by atoms with E-state index in [9.17, 15) is 4.79 Å². The van der Waals surface area contributed by atoms with Gasteiger partial charge in [-0.2, -0.15) is 0 Å². The highest BCUT2D eigenvalue weighted by molar-refractivity contribution is 5.75. The monoisotopic (exact) mass is 234 g/mol. The van der Waals surface area contributed by atoms with Crippen molar-refractivity contribution in [1.29, 1.82) is 0 Å². The summed E-state index contributed by atoms with van der Waals surface area (Å²) in [5.41, 5.74) is 2.58. The van der Waals surface area contributed by atoms with E-state index >= 15 is 0 Å². The molecule has 0 bridgehead atoms. The summed E-state index contributed by atoms with van der Waals surface area (Å²) in [6, 6.07) is 8.83. The number of hydrogen-bond donors (Lipinski definition) is 2. The fraction of sp³-hybridized carbons (Fsp3) is 0.500. The van der Waals surface area contributed by atoms with Crippen molar-refractivity contribution >= 4 is 5.91 Å². The van der Waals surface area contributed by atoms with Crippen LogP contribution in [-0.2, 0) is 4.79 Å². The van der Waals surface area contributed by atoms with E-state index in [2.05, 4.69) is 48.7 Å². The molecule has 94 valence electrons. The molecule has 0 fully saturated rings. The Hall–Kier alpha value is -1.35. The van der Waals surface area contributed by atoms with Gasteiger partial charge in [0.2, 0.25) is 5.91 Å².